The number of hydrogen-bond donors (Lipinski definition) is 0. The Morgan fingerprint density at radius 2 is 2.00 bits per heavy atom. The summed E-state index contributed by atoms with van der Waals surface area (Å²) in [6.07, 6.45) is 4.73. The summed E-state index contributed by atoms with van der Waals surface area (Å²) in [6, 6.07) is 8.01. The van der Waals surface area contributed by atoms with E-state index < -0.39 is 17.7 Å². The van der Waals surface area contributed by atoms with E-state index in [2.05, 4.69) is 16.8 Å². The lowest BCUT2D eigenvalue weighted by Gasteiger charge is -2.23. The van der Waals surface area contributed by atoms with E-state index in [9.17, 15) is 13.6 Å². The fraction of sp³-hybridized carbons (Fsp3) is 0.217. The highest BCUT2D eigenvalue weighted by Crippen LogP contribution is 2.31. The predicted octanol–water partition coefficient (Wildman–Crippen LogP) is 5.14. The molecule has 1 unspecified atom stereocenters. The van der Waals surface area contributed by atoms with Gasteiger partial charge in [0, 0.05) is 42.4 Å². The molecule has 1 aliphatic rings. The quantitative estimate of drug-likeness (QED) is 0.485. The van der Waals surface area contributed by atoms with Crippen LogP contribution in [0.15, 0.2) is 53.8 Å². The van der Waals surface area contributed by atoms with E-state index in [-0.39, 0.29) is 5.91 Å². The van der Waals surface area contributed by atoms with E-state index in [1.165, 1.54) is 17.1 Å². The number of halogens is 3. The number of rotatable bonds is 6. The van der Waals surface area contributed by atoms with Crippen LogP contribution in [0.1, 0.15) is 36.4 Å². The van der Waals surface area contributed by atoms with Gasteiger partial charge in [-0.3, -0.25) is 9.48 Å². The van der Waals surface area contributed by atoms with Crippen LogP contribution in [0, 0.1) is 23.0 Å². The molecule has 1 aromatic heterocycles. The van der Waals surface area contributed by atoms with Crippen molar-refractivity contribution in [3.05, 3.63) is 76.5 Å². The summed E-state index contributed by atoms with van der Waals surface area (Å²) in [6.45, 7) is 4.40. The molecule has 6 nitrogen and oxygen atoms in total. The first-order valence-corrected chi connectivity index (χ1v) is 10.3. The van der Waals surface area contributed by atoms with Gasteiger partial charge < -0.3 is 0 Å². The van der Waals surface area contributed by atoms with Gasteiger partial charge in [-0.05, 0) is 42.7 Å². The van der Waals surface area contributed by atoms with E-state index in [1.807, 2.05) is 12.3 Å². The number of carbonyl (C=O) groups is 1. The number of aryl methyl sites for hydroxylation is 1. The average Bonchev–Trinajstić information content (AvgIpc) is 3.38. The number of hydrogen-bond acceptors (Lipinski definition) is 4. The summed E-state index contributed by atoms with van der Waals surface area (Å²) in [4.78, 5) is 12.8. The van der Waals surface area contributed by atoms with Gasteiger partial charge in [0.1, 0.15) is 17.7 Å². The number of fused-ring (bicyclic) bond motifs is 1. The molecule has 0 aliphatic carbocycles. The van der Waals surface area contributed by atoms with E-state index in [0.717, 1.165) is 11.5 Å². The van der Waals surface area contributed by atoms with Crippen LogP contribution in [-0.4, -0.2) is 26.9 Å². The third-order valence-electron chi connectivity index (χ3n) is 5.24. The minimum atomic E-state index is -0.701. The average molecular weight is 454 g/mol. The summed E-state index contributed by atoms with van der Waals surface area (Å²) >= 11 is 6.05. The van der Waals surface area contributed by atoms with Crippen LogP contribution in [-0.2, 0) is 11.3 Å². The Morgan fingerprint density at radius 3 is 2.72 bits per heavy atom. The molecule has 2 aromatic carbocycles. The number of carbonyl (C=O) groups excluding carboxylic acids is 1. The molecule has 3 aromatic rings. The third-order valence-corrected chi connectivity index (χ3v) is 5.55. The Balaban J connectivity index is 1.38. The van der Waals surface area contributed by atoms with Crippen molar-refractivity contribution in [2.45, 2.75) is 31.8 Å². The minimum absolute atomic E-state index is 0.345. The number of nitriles is 1. The Bertz CT molecular complexity index is 1270. The van der Waals surface area contributed by atoms with Gasteiger partial charge in [-0.25, -0.2) is 13.8 Å². The summed E-state index contributed by atoms with van der Waals surface area (Å²) < 4.78 is 28.9. The number of hydrazone groups is 1. The Kier molecular flexibility index (Phi) is 6.01. The van der Waals surface area contributed by atoms with Gasteiger partial charge in [-0.2, -0.15) is 15.5 Å². The molecule has 9 heteroatoms. The third kappa shape index (κ3) is 4.39. The fourth-order valence-electron chi connectivity index (χ4n) is 3.67. The van der Waals surface area contributed by atoms with Gasteiger partial charge in [0.15, 0.2) is 0 Å². The molecule has 0 fully saturated rings. The van der Waals surface area contributed by atoms with Gasteiger partial charge in [-0.15, -0.1) is 0 Å². The summed E-state index contributed by atoms with van der Waals surface area (Å²) in [5.74, 6) is -1.79. The molecule has 0 radical (unpaired) electrons. The molecule has 4 rings (SSSR count). The lowest BCUT2D eigenvalue weighted by molar-refractivity contribution is -0.129. The Hall–Kier alpha value is -3.57. The van der Waals surface area contributed by atoms with E-state index in [1.54, 1.807) is 23.0 Å². The standard InChI is InChI=1S/C23H18ClF2N5O/c1-14(3-2-6-30-13-17-7-16(12-27)20(24)11-21(17)29-30)23(32)31-22(4-5-28-31)15-8-18(25)10-19(26)9-15/h5,7-11,13,22H,1-4,6H2. The van der Waals surface area contributed by atoms with Gasteiger partial charge in [0.2, 0.25) is 0 Å². The van der Waals surface area contributed by atoms with Crippen molar-refractivity contribution >= 4 is 34.6 Å². The molecule has 162 valence electrons. The topological polar surface area (TPSA) is 74.3 Å². The highest BCUT2D eigenvalue weighted by atomic mass is 35.5. The zero-order valence-corrected chi connectivity index (χ0v) is 17.7. The maximum atomic E-state index is 13.6. The van der Waals surface area contributed by atoms with Crippen molar-refractivity contribution in [3.8, 4) is 6.07 Å². The fourth-order valence-corrected chi connectivity index (χ4v) is 3.88. The molecular formula is C23H18ClF2N5O. The van der Waals surface area contributed by atoms with Crippen molar-refractivity contribution in [2.24, 2.45) is 5.10 Å². The zero-order valence-electron chi connectivity index (χ0n) is 16.9. The lowest BCUT2D eigenvalue weighted by atomic mass is 10.0. The second-order valence-corrected chi connectivity index (χ2v) is 7.91. The van der Waals surface area contributed by atoms with Crippen LogP contribution in [0.5, 0.6) is 0 Å². The smallest absolute Gasteiger partial charge is 0.269 e. The lowest BCUT2D eigenvalue weighted by Crippen LogP contribution is -2.28. The van der Waals surface area contributed by atoms with E-state index >= 15 is 0 Å². The molecule has 2 heterocycles. The number of aromatic nitrogens is 2. The zero-order chi connectivity index (χ0) is 22.8. The Labute approximate surface area is 188 Å². The predicted molar refractivity (Wildman–Crippen MR) is 117 cm³/mol. The van der Waals surface area contributed by atoms with Crippen LogP contribution in [0.25, 0.3) is 10.9 Å². The van der Waals surface area contributed by atoms with Crippen LogP contribution >= 0.6 is 11.6 Å². The van der Waals surface area contributed by atoms with Crippen LogP contribution < -0.4 is 0 Å². The molecule has 32 heavy (non-hydrogen) atoms. The minimum Gasteiger partial charge on any atom is -0.272 e. The van der Waals surface area contributed by atoms with Crippen molar-refractivity contribution in [1.29, 1.82) is 5.26 Å². The monoisotopic (exact) mass is 453 g/mol. The number of benzene rings is 2. The van der Waals surface area contributed by atoms with Crippen LogP contribution in [0.2, 0.25) is 5.02 Å². The molecule has 1 aliphatic heterocycles. The maximum Gasteiger partial charge on any atom is 0.269 e. The van der Waals surface area contributed by atoms with E-state index in [4.69, 9.17) is 16.9 Å². The molecule has 0 bridgehead atoms. The maximum absolute atomic E-state index is 13.6. The second-order valence-electron chi connectivity index (χ2n) is 7.50. The summed E-state index contributed by atoms with van der Waals surface area (Å²) in [5.41, 5.74) is 1.76. The van der Waals surface area contributed by atoms with Crippen molar-refractivity contribution in [2.75, 3.05) is 0 Å². The highest BCUT2D eigenvalue weighted by molar-refractivity contribution is 6.32. The van der Waals surface area contributed by atoms with Crippen molar-refractivity contribution in [3.63, 3.8) is 0 Å². The largest absolute Gasteiger partial charge is 0.272 e. The number of nitrogens with zero attached hydrogens (tertiary/aromatic N) is 5. The van der Waals surface area contributed by atoms with Crippen molar-refractivity contribution in [1.82, 2.24) is 14.8 Å². The van der Waals surface area contributed by atoms with Crippen molar-refractivity contribution < 1.29 is 13.6 Å². The van der Waals surface area contributed by atoms with Gasteiger partial charge in [0.05, 0.1) is 22.1 Å². The van der Waals surface area contributed by atoms with Crippen LogP contribution in [0.3, 0.4) is 0 Å². The SMILES string of the molecule is C=C(CCCn1cc2cc(C#N)c(Cl)cc2n1)C(=O)N1N=CCC1c1cc(F)cc(F)c1. The summed E-state index contributed by atoms with van der Waals surface area (Å²) in [7, 11) is 0. The molecule has 0 saturated heterocycles. The summed E-state index contributed by atoms with van der Waals surface area (Å²) in [5, 5.41) is 20.0. The van der Waals surface area contributed by atoms with Gasteiger partial charge in [-0.1, -0.05) is 18.2 Å². The first-order valence-electron chi connectivity index (χ1n) is 9.92. The molecule has 0 saturated carbocycles. The molecule has 0 N–H and O–H groups in total. The van der Waals surface area contributed by atoms with Gasteiger partial charge in [0.25, 0.3) is 5.91 Å². The molecule has 0 spiro atoms. The Morgan fingerprint density at radius 1 is 1.25 bits per heavy atom. The van der Waals surface area contributed by atoms with E-state index in [0.29, 0.717) is 53.0 Å². The first kappa shape index (κ1) is 21.7. The van der Waals surface area contributed by atoms with Crippen LogP contribution in [0.4, 0.5) is 8.78 Å². The van der Waals surface area contributed by atoms with Gasteiger partial charge >= 0.3 is 0 Å². The molecule has 1 amide bonds. The number of amides is 1. The molecule has 1 atom stereocenters. The normalized spacial score (nSPS) is 15.3. The molecular weight excluding hydrogens is 436 g/mol. The highest BCUT2D eigenvalue weighted by Gasteiger charge is 2.30. The second kappa shape index (κ2) is 8.89. The first-order chi connectivity index (χ1) is 15.4.